The second kappa shape index (κ2) is 7.60. The number of furan rings is 1. The van der Waals surface area contributed by atoms with Gasteiger partial charge in [0.25, 0.3) is 5.91 Å². The third-order valence-corrected chi connectivity index (χ3v) is 5.83. The molecule has 0 spiro atoms. The average molecular weight is 409 g/mol. The molecule has 1 fully saturated rings. The first kappa shape index (κ1) is 19.0. The highest BCUT2D eigenvalue weighted by atomic mass is 32.2. The Balaban J connectivity index is 1.56. The van der Waals surface area contributed by atoms with E-state index in [9.17, 15) is 14.0 Å². The van der Waals surface area contributed by atoms with E-state index in [0.29, 0.717) is 39.4 Å². The number of rotatable bonds is 3. The standard InChI is InChI=1S/C21H16FN3O3S/c1-12-16-8-14(22)4-7-18(16)28-19(12)21(27)25-11-29-10-17(25)20(26)24-15-5-2-13(9-23)3-6-15/h2-8,17H,10-11H2,1H3,(H,24,26). The Bertz CT molecular complexity index is 1150. The van der Waals surface area contributed by atoms with Crippen molar-refractivity contribution in [1.29, 1.82) is 5.26 Å². The number of halogens is 1. The molecular formula is C21H16FN3O3S. The van der Waals surface area contributed by atoms with Crippen LogP contribution in [-0.4, -0.2) is 34.4 Å². The van der Waals surface area contributed by atoms with Crippen LogP contribution in [0.4, 0.5) is 10.1 Å². The highest BCUT2D eigenvalue weighted by Gasteiger charge is 2.37. The van der Waals surface area contributed by atoms with Crippen molar-refractivity contribution in [1.82, 2.24) is 4.90 Å². The second-order valence-corrected chi connectivity index (χ2v) is 7.67. The van der Waals surface area contributed by atoms with Gasteiger partial charge in [-0.2, -0.15) is 5.26 Å². The molecule has 1 N–H and O–H groups in total. The molecule has 1 saturated heterocycles. The molecule has 29 heavy (non-hydrogen) atoms. The number of carbonyl (C=O) groups excluding carboxylic acids is 2. The molecule has 1 unspecified atom stereocenters. The van der Waals surface area contributed by atoms with Crippen molar-refractivity contribution >= 4 is 40.2 Å². The largest absolute Gasteiger partial charge is 0.451 e. The second-order valence-electron chi connectivity index (χ2n) is 6.67. The van der Waals surface area contributed by atoms with Gasteiger partial charge < -0.3 is 14.6 Å². The molecular weight excluding hydrogens is 393 g/mol. The number of nitriles is 1. The molecule has 1 atom stereocenters. The summed E-state index contributed by atoms with van der Waals surface area (Å²) in [5.41, 5.74) is 2.02. The Hall–Kier alpha value is -3.31. The summed E-state index contributed by atoms with van der Waals surface area (Å²) in [5.74, 6) is -0.185. The minimum absolute atomic E-state index is 0.115. The average Bonchev–Trinajstić information content (AvgIpc) is 3.34. The molecule has 4 rings (SSSR count). The lowest BCUT2D eigenvalue weighted by Gasteiger charge is -2.22. The topological polar surface area (TPSA) is 86.3 Å². The summed E-state index contributed by atoms with van der Waals surface area (Å²) in [7, 11) is 0. The Morgan fingerprint density at radius 3 is 2.76 bits per heavy atom. The van der Waals surface area contributed by atoms with Gasteiger partial charge in [-0.15, -0.1) is 11.8 Å². The number of hydrogen-bond acceptors (Lipinski definition) is 5. The zero-order valence-corrected chi connectivity index (χ0v) is 16.3. The quantitative estimate of drug-likeness (QED) is 0.709. The number of aryl methyl sites for hydroxylation is 1. The van der Waals surface area contributed by atoms with E-state index in [1.807, 2.05) is 6.07 Å². The first-order valence-corrected chi connectivity index (χ1v) is 10.0. The third-order valence-electron chi connectivity index (χ3n) is 4.82. The van der Waals surface area contributed by atoms with Gasteiger partial charge in [0.1, 0.15) is 17.4 Å². The Morgan fingerprint density at radius 1 is 1.28 bits per heavy atom. The van der Waals surface area contributed by atoms with E-state index in [1.54, 1.807) is 31.2 Å². The van der Waals surface area contributed by atoms with Crippen LogP contribution in [0.5, 0.6) is 0 Å². The molecule has 0 aliphatic carbocycles. The van der Waals surface area contributed by atoms with E-state index in [0.717, 1.165) is 0 Å². The Morgan fingerprint density at radius 2 is 2.03 bits per heavy atom. The van der Waals surface area contributed by atoms with Crippen molar-refractivity contribution in [2.45, 2.75) is 13.0 Å². The summed E-state index contributed by atoms with van der Waals surface area (Å²) in [4.78, 5) is 27.3. The lowest BCUT2D eigenvalue weighted by Crippen LogP contribution is -2.44. The minimum Gasteiger partial charge on any atom is -0.451 e. The fourth-order valence-corrected chi connectivity index (χ4v) is 4.40. The molecule has 1 aliphatic heterocycles. The van der Waals surface area contributed by atoms with Crippen molar-refractivity contribution in [2.75, 3.05) is 16.9 Å². The Labute approximate surface area is 170 Å². The van der Waals surface area contributed by atoms with Gasteiger partial charge in [-0.3, -0.25) is 9.59 Å². The zero-order chi connectivity index (χ0) is 20.5. The number of amides is 2. The molecule has 3 aromatic rings. The fourth-order valence-electron chi connectivity index (χ4n) is 3.24. The van der Waals surface area contributed by atoms with Gasteiger partial charge in [-0.25, -0.2) is 4.39 Å². The Kier molecular flexibility index (Phi) is 4.99. The van der Waals surface area contributed by atoms with Gasteiger partial charge in [-0.1, -0.05) is 0 Å². The van der Waals surface area contributed by atoms with E-state index in [4.69, 9.17) is 9.68 Å². The van der Waals surface area contributed by atoms with Crippen molar-refractivity contribution in [3.05, 3.63) is 65.2 Å². The number of anilines is 1. The van der Waals surface area contributed by atoms with Crippen LogP contribution in [0.1, 0.15) is 21.7 Å². The van der Waals surface area contributed by atoms with Crippen LogP contribution in [0.3, 0.4) is 0 Å². The lowest BCUT2D eigenvalue weighted by molar-refractivity contribution is -0.119. The van der Waals surface area contributed by atoms with Crippen LogP contribution in [0, 0.1) is 24.1 Å². The van der Waals surface area contributed by atoms with Crippen molar-refractivity contribution < 1.29 is 18.4 Å². The number of fused-ring (bicyclic) bond motifs is 1. The summed E-state index contributed by atoms with van der Waals surface area (Å²) in [5, 5.41) is 12.2. The summed E-state index contributed by atoms with van der Waals surface area (Å²) >= 11 is 1.47. The van der Waals surface area contributed by atoms with Gasteiger partial charge in [0.05, 0.1) is 17.5 Å². The van der Waals surface area contributed by atoms with Crippen LogP contribution < -0.4 is 5.32 Å². The summed E-state index contributed by atoms with van der Waals surface area (Å²) < 4.78 is 19.2. The van der Waals surface area contributed by atoms with E-state index < -0.39 is 17.8 Å². The maximum atomic E-state index is 13.5. The highest BCUT2D eigenvalue weighted by molar-refractivity contribution is 7.99. The number of nitrogens with one attached hydrogen (secondary N) is 1. The number of thioether (sulfide) groups is 1. The molecule has 0 bridgehead atoms. The van der Waals surface area contributed by atoms with Crippen LogP contribution in [0.2, 0.25) is 0 Å². The number of nitrogens with zero attached hydrogens (tertiary/aromatic N) is 2. The van der Waals surface area contributed by atoms with Gasteiger partial charge in [0.15, 0.2) is 5.76 Å². The van der Waals surface area contributed by atoms with Gasteiger partial charge >= 0.3 is 0 Å². The molecule has 1 aromatic heterocycles. The summed E-state index contributed by atoms with van der Waals surface area (Å²) in [6.45, 7) is 1.70. The molecule has 2 aromatic carbocycles. The molecule has 6 nitrogen and oxygen atoms in total. The minimum atomic E-state index is -0.660. The zero-order valence-electron chi connectivity index (χ0n) is 15.4. The van der Waals surface area contributed by atoms with Crippen LogP contribution in [0.25, 0.3) is 11.0 Å². The van der Waals surface area contributed by atoms with E-state index in [-0.39, 0.29) is 11.7 Å². The van der Waals surface area contributed by atoms with Gasteiger partial charge in [0, 0.05) is 22.4 Å². The van der Waals surface area contributed by atoms with E-state index in [2.05, 4.69) is 5.32 Å². The van der Waals surface area contributed by atoms with Crippen LogP contribution in [0.15, 0.2) is 46.9 Å². The molecule has 0 radical (unpaired) electrons. The maximum Gasteiger partial charge on any atom is 0.291 e. The lowest BCUT2D eigenvalue weighted by atomic mass is 10.1. The normalized spacial score (nSPS) is 16.0. The van der Waals surface area contributed by atoms with Crippen LogP contribution in [-0.2, 0) is 4.79 Å². The predicted molar refractivity (Wildman–Crippen MR) is 108 cm³/mol. The maximum absolute atomic E-state index is 13.5. The first-order valence-electron chi connectivity index (χ1n) is 8.86. The van der Waals surface area contributed by atoms with Crippen molar-refractivity contribution in [2.24, 2.45) is 0 Å². The molecule has 1 aliphatic rings. The molecule has 2 heterocycles. The first-order chi connectivity index (χ1) is 14.0. The number of carbonyl (C=O) groups is 2. The van der Waals surface area contributed by atoms with E-state index in [1.165, 1.54) is 34.9 Å². The van der Waals surface area contributed by atoms with Gasteiger partial charge in [-0.05, 0) is 49.4 Å². The third kappa shape index (κ3) is 3.57. The molecule has 2 amide bonds. The molecule has 0 saturated carbocycles. The van der Waals surface area contributed by atoms with Crippen LogP contribution >= 0.6 is 11.8 Å². The summed E-state index contributed by atoms with van der Waals surface area (Å²) in [6.07, 6.45) is 0. The van der Waals surface area contributed by atoms with Gasteiger partial charge in [0.2, 0.25) is 5.91 Å². The fraction of sp³-hybridized carbons (Fsp3) is 0.190. The monoisotopic (exact) mass is 409 g/mol. The van der Waals surface area contributed by atoms with Crippen molar-refractivity contribution in [3.63, 3.8) is 0 Å². The number of benzene rings is 2. The molecule has 8 heteroatoms. The predicted octanol–water partition coefficient (Wildman–Crippen LogP) is 3.91. The summed E-state index contributed by atoms with van der Waals surface area (Å²) in [6, 6.07) is 12.0. The molecule has 146 valence electrons. The smallest absolute Gasteiger partial charge is 0.291 e. The van der Waals surface area contributed by atoms with E-state index >= 15 is 0 Å². The SMILES string of the molecule is Cc1c(C(=O)N2CSCC2C(=O)Nc2ccc(C#N)cc2)oc2ccc(F)cc12. The van der Waals surface area contributed by atoms with Crippen molar-refractivity contribution in [3.8, 4) is 6.07 Å². The number of hydrogen-bond donors (Lipinski definition) is 1. The highest BCUT2D eigenvalue weighted by Crippen LogP contribution is 2.30.